The molecule has 8 nitrogen and oxygen atoms in total. The number of hydrogen-bond acceptors (Lipinski definition) is 6. The lowest BCUT2D eigenvalue weighted by atomic mass is 10.1. The van der Waals surface area contributed by atoms with E-state index in [1.165, 1.54) is 12.1 Å². The molecule has 1 aromatic rings. The van der Waals surface area contributed by atoms with Gasteiger partial charge in [-0.3, -0.25) is 0 Å². The zero-order chi connectivity index (χ0) is 25.1. The number of nitrogens with zero attached hydrogens (tertiary/aromatic N) is 1. The first-order valence-electron chi connectivity index (χ1n) is 11.5. The second kappa shape index (κ2) is 13.1. The maximum atomic E-state index is 12.5. The summed E-state index contributed by atoms with van der Waals surface area (Å²) in [5, 5.41) is 8.90. The van der Waals surface area contributed by atoms with Gasteiger partial charge in [0.2, 0.25) is 0 Å². The van der Waals surface area contributed by atoms with Crippen LogP contribution in [0.5, 0.6) is 5.75 Å². The van der Waals surface area contributed by atoms with Gasteiger partial charge in [-0.05, 0) is 78.6 Å². The first-order valence-corrected chi connectivity index (χ1v) is 11.5. The number of carbonyl (C=O) groups excluding carboxylic acids is 2. The van der Waals surface area contributed by atoms with Crippen LogP contribution in [-0.4, -0.2) is 52.5 Å². The number of carboxylic acids is 1. The van der Waals surface area contributed by atoms with Gasteiger partial charge in [0.1, 0.15) is 17.0 Å². The second-order valence-electron chi connectivity index (χ2n) is 9.91. The lowest BCUT2D eigenvalue weighted by molar-refractivity contribution is 0.00114. The minimum Gasteiger partial charge on any atom is -0.494 e. The molecule has 8 heteroatoms. The number of aromatic carboxylic acids is 1. The zero-order valence-electron chi connectivity index (χ0n) is 20.8. The molecule has 0 radical (unpaired) electrons. The minimum atomic E-state index is -0.957. The molecule has 33 heavy (non-hydrogen) atoms. The van der Waals surface area contributed by atoms with Crippen molar-refractivity contribution in [1.29, 1.82) is 0 Å². The largest absolute Gasteiger partial charge is 0.494 e. The van der Waals surface area contributed by atoms with Crippen LogP contribution in [0.3, 0.4) is 0 Å². The van der Waals surface area contributed by atoms with Crippen LogP contribution < -0.4 is 4.74 Å². The number of rotatable bonds is 11. The summed E-state index contributed by atoms with van der Waals surface area (Å²) in [7, 11) is 0. The van der Waals surface area contributed by atoms with Gasteiger partial charge in [-0.1, -0.05) is 25.7 Å². The summed E-state index contributed by atoms with van der Waals surface area (Å²) in [4.78, 5) is 36.8. The van der Waals surface area contributed by atoms with E-state index in [9.17, 15) is 14.4 Å². The lowest BCUT2D eigenvalue weighted by Crippen LogP contribution is -2.44. The summed E-state index contributed by atoms with van der Waals surface area (Å²) < 4.78 is 16.3. The number of carbonyl (C=O) groups is 3. The van der Waals surface area contributed by atoms with Crippen LogP contribution in [-0.2, 0) is 9.47 Å². The molecule has 0 spiro atoms. The molecule has 0 aliphatic heterocycles. The molecular weight excluding hydrogens is 426 g/mol. The third kappa shape index (κ3) is 12.7. The molecule has 0 unspecified atom stereocenters. The number of imide groups is 1. The van der Waals surface area contributed by atoms with E-state index in [-0.39, 0.29) is 12.1 Å². The average molecular weight is 466 g/mol. The van der Waals surface area contributed by atoms with Crippen molar-refractivity contribution < 1.29 is 33.7 Å². The third-order valence-corrected chi connectivity index (χ3v) is 4.37. The number of benzene rings is 1. The average Bonchev–Trinajstić information content (AvgIpc) is 2.66. The molecule has 186 valence electrons. The molecule has 0 fully saturated rings. The topological polar surface area (TPSA) is 102 Å². The molecule has 0 aliphatic carbocycles. The monoisotopic (exact) mass is 465 g/mol. The van der Waals surface area contributed by atoms with Gasteiger partial charge in [0.05, 0.1) is 12.2 Å². The van der Waals surface area contributed by atoms with Crippen LogP contribution >= 0.6 is 0 Å². The van der Waals surface area contributed by atoms with E-state index in [2.05, 4.69) is 0 Å². The highest BCUT2D eigenvalue weighted by Crippen LogP contribution is 2.16. The molecule has 0 saturated carbocycles. The van der Waals surface area contributed by atoms with Crippen molar-refractivity contribution in [3.05, 3.63) is 29.8 Å². The molecule has 0 atom stereocenters. The molecule has 0 saturated heterocycles. The van der Waals surface area contributed by atoms with E-state index in [1.807, 2.05) is 0 Å². The Morgan fingerprint density at radius 3 is 1.67 bits per heavy atom. The molecule has 1 aromatic carbocycles. The summed E-state index contributed by atoms with van der Waals surface area (Å²) in [6.07, 6.45) is 4.04. The Hall–Kier alpha value is -2.77. The van der Waals surface area contributed by atoms with Crippen molar-refractivity contribution in [2.75, 3.05) is 13.2 Å². The number of amides is 2. The Morgan fingerprint density at radius 1 is 0.758 bits per heavy atom. The number of ether oxygens (including phenoxy) is 3. The molecular formula is C25H39NO7. The van der Waals surface area contributed by atoms with Crippen LogP contribution in [0.15, 0.2) is 24.3 Å². The van der Waals surface area contributed by atoms with Crippen LogP contribution in [0.2, 0.25) is 0 Å². The first-order chi connectivity index (χ1) is 15.3. The number of hydrogen-bond donors (Lipinski definition) is 1. The predicted molar refractivity (Wildman–Crippen MR) is 126 cm³/mol. The van der Waals surface area contributed by atoms with E-state index in [0.29, 0.717) is 18.8 Å². The summed E-state index contributed by atoms with van der Waals surface area (Å²) >= 11 is 0. The Bertz CT molecular complexity index is 732. The van der Waals surface area contributed by atoms with Crippen molar-refractivity contribution in [2.24, 2.45) is 0 Å². The van der Waals surface area contributed by atoms with Crippen LogP contribution in [0.4, 0.5) is 9.59 Å². The Labute approximate surface area is 197 Å². The van der Waals surface area contributed by atoms with Crippen molar-refractivity contribution in [3.63, 3.8) is 0 Å². The zero-order valence-corrected chi connectivity index (χ0v) is 20.8. The van der Waals surface area contributed by atoms with Gasteiger partial charge in [-0.15, -0.1) is 0 Å². The van der Waals surface area contributed by atoms with E-state index in [0.717, 1.165) is 37.0 Å². The normalized spacial score (nSPS) is 11.6. The third-order valence-electron chi connectivity index (χ3n) is 4.37. The SMILES string of the molecule is CC(C)(C)OC(=O)N(CCCCCCCCOc1ccc(C(=O)O)cc1)C(=O)OC(C)(C)C. The van der Waals surface area contributed by atoms with Gasteiger partial charge in [-0.25, -0.2) is 19.3 Å². The minimum absolute atomic E-state index is 0.235. The lowest BCUT2D eigenvalue weighted by Gasteiger charge is -2.28. The second-order valence-corrected chi connectivity index (χ2v) is 9.91. The summed E-state index contributed by atoms with van der Waals surface area (Å²) in [5.74, 6) is -0.300. The van der Waals surface area contributed by atoms with E-state index in [1.54, 1.807) is 53.7 Å². The highest BCUT2D eigenvalue weighted by molar-refractivity contribution is 5.88. The van der Waals surface area contributed by atoms with Gasteiger partial charge in [0.25, 0.3) is 0 Å². The summed E-state index contributed by atoms with van der Waals surface area (Å²) in [5.41, 5.74) is -1.16. The van der Waals surface area contributed by atoms with Crippen molar-refractivity contribution in [3.8, 4) is 5.75 Å². The van der Waals surface area contributed by atoms with E-state index in [4.69, 9.17) is 19.3 Å². The quantitative estimate of drug-likeness (QED) is 0.384. The van der Waals surface area contributed by atoms with E-state index >= 15 is 0 Å². The standard InChI is InChI=1S/C25H39NO7/c1-24(2,3)32-22(29)26(23(30)33-25(4,5)6)17-11-9-7-8-10-12-18-31-20-15-13-19(14-16-20)21(27)28/h13-16H,7-12,17-18H2,1-6H3,(H,27,28). The molecule has 0 bridgehead atoms. The van der Waals surface area contributed by atoms with Crippen LogP contribution in [0.25, 0.3) is 0 Å². The van der Waals surface area contributed by atoms with Gasteiger partial charge >= 0.3 is 18.2 Å². The molecule has 1 rings (SSSR count). The molecule has 2 amide bonds. The Morgan fingerprint density at radius 2 is 1.21 bits per heavy atom. The maximum absolute atomic E-state index is 12.5. The maximum Gasteiger partial charge on any atom is 0.419 e. The van der Waals surface area contributed by atoms with Gasteiger partial charge in [0, 0.05) is 6.54 Å². The van der Waals surface area contributed by atoms with Gasteiger partial charge in [0.15, 0.2) is 0 Å². The molecule has 1 N–H and O–H groups in total. The highest BCUT2D eigenvalue weighted by atomic mass is 16.6. The van der Waals surface area contributed by atoms with E-state index < -0.39 is 29.4 Å². The van der Waals surface area contributed by atoms with Crippen molar-refractivity contribution in [1.82, 2.24) is 4.90 Å². The highest BCUT2D eigenvalue weighted by Gasteiger charge is 2.30. The number of unbranched alkanes of at least 4 members (excludes halogenated alkanes) is 5. The summed E-state index contributed by atoms with van der Waals surface area (Å²) in [6.45, 7) is 11.4. The Balaban J connectivity index is 2.30. The Kier molecular flexibility index (Phi) is 11.2. The molecule has 0 aliphatic rings. The molecule has 0 heterocycles. The predicted octanol–water partition coefficient (Wildman–Crippen LogP) is 6.28. The fourth-order valence-electron chi connectivity index (χ4n) is 2.85. The van der Waals surface area contributed by atoms with Crippen molar-refractivity contribution in [2.45, 2.75) is 91.3 Å². The van der Waals surface area contributed by atoms with Gasteiger partial charge in [-0.2, -0.15) is 0 Å². The molecule has 0 aromatic heterocycles. The summed E-state index contributed by atoms with van der Waals surface area (Å²) in [6, 6.07) is 6.36. The van der Waals surface area contributed by atoms with Gasteiger partial charge < -0.3 is 19.3 Å². The van der Waals surface area contributed by atoms with Crippen LogP contribution in [0.1, 0.15) is 90.4 Å². The van der Waals surface area contributed by atoms with Crippen molar-refractivity contribution >= 4 is 18.2 Å². The first kappa shape index (κ1) is 28.3. The van der Waals surface area contributed by atoms with Crippen LogP contribution in [0, 0.1) is 0 Å². The fraction of sp³-hybridized carbons (Fsp3) is 0.640. The smallest absolute Gasteiger partial charge is 0.419 e. The fourth-order valence-corrected chi connectivity index (χ4v) is 2.85. The number of carboxylic acid groups (broad SMARTS) is 1.